The molecule has 3 aromatic rings. The van der Waals surface area contributed by atoms with Gasteiger partial charge in [-0.2, -0.15) is 0 Å². The van der Waals surface area contributed by atoms with Crippen LogP contribution in [0.4, 0.5) is 10.1 Å². The summed E-state index contributed by atoms with van der Waals surface area (Å²) in [5.41, 5.74) is 2.08. The van der Waals surface area contributed by atoms with E-state index in [1.165, 1.54) is 24.3 Å². The van der Waals surface area contributed by atoms with Gasteiger partial charge in [-0.25, -0.2) is 9.38 Å². The van der Waals surface area contributed by atoms with E-state index in [0.29, 0.717) is 42.4 Å². The van der Waals surface area contributed by atoms with Crippen LogP contribution in [0, 0.1) is 5.82 Å². The van der Waals surface area contributed by atoms with Gasteiger partial charge in [-0.3, -0.25) is 4.79 Å². The van der Waals surface area contributed by atoms with E-state index in [1.807, 2.05) is 54.3 Å². The number of ether oxygens (including phenoxy) is 2. The second kappa shape index (κ2) is 8.58. The van der Waals surface area contributed by atoms with Gasteiger partial charge < -0.3 is 19.3 Å². The number of amidine groups is 1. The van der Waals surface area contributed by atoms with Crippen LogP contribution in [0.3, 0.4) is 0 Å². The van der Waals surface area contributed by atoms with Gasteiger partial charge in [-0.1, -0.05) is 12.1 Å². The molecule has 2 heterocycles. The van der Waals surface area contributed by atoms with Crippen LogP contribution in [0.15, 0.2) is 71.7 Å². The summed E-state index contributed by atoms with van der Waals surface area (Å²) in [6.45, 7) is 3.75. The van der Waals surface area contributed by atoms with E-state index >= 15 is 0 Å². The maximum atomic E-state index is 13.3. The molecule has 1 atom stereocenters. The predicted octanol–water partition coefficient (Wildman–Crippen LogP) is 4.86. The van der Waals surface area contributed by atoms with Crippen LogP contribution in [-0.4, -0.2) is 54.3 Å². The molecule has 0 bridgehead atoms. The van der Waals surface area contributed by atoms with Gasteiger partial charge in [0.25, 0.3) is 5.91 Å². The SMILES string of the molecule is COc1ccc2c(c1)C(N1CCN(C(=O)c3ccc(F)cc3)[C@H](C)C1)=Nc1ccccc1O2. The number of hydrogen-bond acceptors (Lipinski definition) is 5. The second-order valence-electron chi connectivity index (χ2n) is 8.17. The maximum Gasteiger partial charge on any atom is 0.254 e. The molecule has 1 saturated heterocycles. The molecule has 0 aromatic heterocycles. The van der Waals surface area contributed by atoms with Gasteiger partial charge in [0.2, 0.25) is 0 Å². The van der Waals surface area contributed by atoms with Crippen molar-refractivity contribution in [2.75, 3.05) is 26.7 Å². The second-order valence-corrected chi connectivity index (χ2v) is 8.17. The zero-order chi connectivity index (χ0) is 22.9. The Balaban J connectivity index is 1.46. The predicted molar refractivity (Wildman–Crippen MR) is 124 cm³/mol. The van der Waals surface area contributed by atoms with Crippen molar-refractivity contribution in [3.8, 4) is 17.2 Å². The summed E-state index contributed by atoms with van der Waals surface area (Å²) < 4.78 is 24.9. The van der Waals surface area contributed by atoms with Gasteiger partial charge >= 0.3 is 0 Å². The van der Waals surface area contributed by atoms with E-state index in [0.717, 1.165) is 17.1 Å². The molecule has 168 valence electrons. The zero-order valence-electron chi connectivity index (χ0n) is 18.5. The summed E-state index contributed by atoms with van der Waals surface area (Å²) >= 11 is 0. The number of hydrogen-bond donors (Lipinski definition) is 0. The van der Waals surface area contributed by atoms with Gasteiger partial charge in [0.15, 0.2) is 5.75 Å². The van der Waals surface area contributed by atoms with Gasteiger partial charge in [-0.05, 0) is 61.5 Å². The Morgan fingerprint density at radius 3 is 2.61 bits per heavy atom. The number of carbonyl (C=O) groups excluding carboxylic acids is 1. The fraction of sp³-hybridized carbons (Fsp3) is 0.231. The number of benzene rings is 3. The first kappa shape index (κ1) is 21.0. The summed E-state index contributed by atoms with van der Waals surface area (Å²) in [4.78, 5) is 22.0. The molecule has 7 heteroatoms. The average molecular weight is 445 g/mol. The average Bonchev–Trinajstić information content (AvgIpc) is 3.00. The van der Waals surface area contributed by atoms with Crippen molar-refractivity contribution >= 4 is 17.4 Å². The number of methoxy groups -OCH3 is 1. The molecule has 0 saturated carbocycles. The highest BCUT2D eigenvalue weighted by Crippen LogP contribution is 2.39. The molecule has 6 nitrogen and oxygen atoms in total. The summed E-state index contributed by atoms with van der Waals surface area (Å²) in [7, 11) is 1.63. The normalized spacial score (nSPS) is 17.3. The van der Waals surface area contributed by atoms with Crippen molar-refractivity contribution in [2.24, 2.45) is 4.99 Å². The topological polar surface area (TPSA) is 54.4 Å². The lowest BCUT2D eigenvalue weighted by Crippen LogP contribution is -2.55. The van der Waals surface area contributed by atoms with Gasteiger partial charge in [-0.15, -0.1) is 0 Å². The molecule has 5 rings (SSSR count). The summed E-state index contributed by atoms with van der Waals surface area (Å²) in [6.07, 6.45) is 0. The van der Waals surface area contributed by atoms with E-state index in [-0.39, 0.29) is 17.8 Å². The van der Waals surface area contributed by atoms with Crippen molar-refractivity contribution in [3.05, 3.63) is 83.7 Å². The molecule has 0 N–H and O–H groups in total. The number of nitrogens with zero attached hydrogens (tertiary/aromatic N) is 3. The Morgan fingerprint density at radius 2 is 1.85 bits per heavy atom. The first-order chi connectivity index (χ1) is 16.0. The molecule has 2 aliphatic rings. The molecule has 0 spiro atoms. The minimum atomic E-state index is -0.354. The van der Waals surface area contributed by atoms with Crippen LogP contribution in [0.1, 0.15) is 22.8 Å². The smallest absolute Gasteiger partial charge is 0.254 e. The summed E-state index contributed by atoms with van der Waals surface area (Å²) in [6, 6.07) is 19.0. The molecular formula is C26H24FN3O3. The van der Waals surface area contributed by atoms with E-state index in [9.17, 15) is 9.18 Å². The Bertz CT molecular complexity index is 1230. The van der Waals surface area contributed by atoms with E-state index < -0.39 is 0 Å². The van der Waals surface area contributed by atoms with Crippen molar-refractivity contribution in [2.45, 2.75) is 13.0 Å². The highest BCUT2D eigenvalue weighted by molar-refractivity contribution is 6.04. The van der Waals surface area contributed by atoms with Gasteiger partial charge in [0.05, 0.1) is 12.7 Å². The Kier molecular flexibility index (Phi) is 5.46. The van der Waals surface area contributed by atoms with Crippen molar-refractivity contribution in [3.63, 3.8) is 0 Å². The molecule has 0 radical (unpaired) electrons. The minimum absolute atomic E-state index is 0.0625. The fourth-order valence-corrected chi connectivity index (χ4v) is 4.28. The highest BCUT2D eigenvalue weighted by atomic mass is 19.1. The highest BCUT2D eigenvalue weighted by Gasteiger charge is 2.32. The molecule has 2 aliphatic heterocycles. The van der Waals surface area contributed by atoms with Crippen LogP contribution >= 0.6 is 0 Å². The first-order valence-electron chi connectivity index (χ1n) is 10.9. The lowest BCUT2D eigenvalue weighted by Gasteiger charge is -2.41. The standard InChI is InChI=1S/C26H24FN3O3/c1-17-16-29(13-14-30(17)26(31)18-7-9-19(27)10-8-18)25-21-15-20(32-2)11-12-23(21)33-24-6-4-3-5-22(24)28-25/h3-12,15,17H,13-14,16H2,1-2H3/t17-/m1/s1. The van der Waals surface area contributed by atoms with Crippen LogP contribution < -0.4 is 9.47 Å². The fourth-order valence-electron chi connectivity index (χ4n) is 4.28. The molecular weight excluding hydrogens is 421 g/mol. The number of piperazine rings is 1. The molecule has 1 fully saturated rings. The monoisotopic (exact) mass is 445 g/mol. The molecule has 3 aromatic carbocycles. The Morgan fingerprint density at radius 1 is 1.06 bits per heavy atom. The van der Waals surface area contributed by atoms with Gasteiger partial charge in [0.1, 0.15) is 28.8 Å². The molecule has 0 aliphatic carbocycles. The third kappa shape index (κ3) is 4.02. The number of rotatable bonds is 2. The van der Waals surface area contributed by atoms with E-state index in [1.54, 1.807) is 7.11 Å². The number of fused-ring (bicyclic) bond motifs is 2. The summed E-state index contributed by atoms with van der Waals surface area (Å²) in [5, 5.41) is 0. The van der Waals surface area contributed by atoms with E-state index in [2.05, 4.69) is 4.90 Å². The molecule has 1 amide bonds. The third-order valence-corrected chi connectivity index (χ3v) is 6.02. The zero-order valence-corrected chi connectivity index (χ0v) is 18.5. The number of aliphatic imine (C=N–C) groups is 1. The van der Waals surface area contributed by atoms with Crippen molar-refractivity contribution < 1.29 is 18.7 Å². The largest absolute Gasteiger partial charge is 0.497 e. The molecule has 0 unspecified atom stereocenters. The van der Waals surface area contributed by atoms with E-state index in [4.69, 9.17) is 14.5 Å². The Hall–Kier alpha value is -3.87. The lowest BCUT2D eigenvalue weighted by molar-refractivity contribution is 0.0581. The third-order valence-electron chi connectivity index (χ3n) is 6.02. The number of para-hydroxylation sites is 2. The quantitative estimate of drug-likeness (QED) is 0.565. The lowest BCUT2D eigenvalue weighted by atomic mass is 10.1. The maximum absolute atomic E-state index is 13.3. The van der Waals surface area contributed by atoms with Crippen LogP contribution in [0.2, 0.25) is 0 Å². The minimum Gasteiger partial charge on any atom is -0.497 e. The van der Waals surface area contributed by atoms with Gasteiger partial charge in [0, 0.05) is 31.2 Å². The molecule has 33 heavy (non-hydrogen) atoms. The Labute approximate surface area is 191 Å². The van der Waals surface area contributed by atoms with Crippen LogP contribution in [-0.2, 0) is 0 Å². The number of carbonyl (C=O) groups is 1. The number of amides is 1. The van der Waals surface area contributed by atoms with Crippen molar-refractivity contribution in [1.29, 1.82) is 0 Å². The van der Waals surface area contributed by atoms with Crippen LogP contribution in [0.25, 0.3) is 0 Å². The summed E-state index contributed by atoms with van der Waals surface area (Å²) in [5.74, 6) is 2.45. The number of halogens is 1. The van der Waals surface area contributed by atoms with Crippen molar-refractivity contribution in [1.82, 2.24) is 9.80 Å². The first-order valence-corrected chi connectivity index (χ1v) is 10.9. The van der Waals surface area contributed by atoms with Crippen LogP contribution in [0.5, 0.6) is 17.2 Å².